The summed E-state index contributed by atoms with van der Waals surface area (Å²) < 4.78 is 2.44. The van der Waals surface area contributed by atoms with Crippen LogP contribution >= 0.6 is 50.1 Å². The summed E-state index contributed by atoms with van der Waals surface area (Å²) in [5.74, 6) is 0. The maximum absolute atomic E-state index is 5.61. The SMILES string of the molecule is Brc1cccc2c1Cc1ccccc1-2.Clc1ccc(I)cc1. The average molecular weight is 484 g/mol. The van der Waals surface area contributed by atoms with Gasteiger partial charge in [0, 0.05) is 13.1 Å². The fourth-order valence-electron chi connectivity index (χ4n) is 2.55. The van der Waals surface area contributed by atoms with Crippen LogP contribution in [0.5, 0.6) is 0 Å². The second-order valence-corrected chi connectivity index (χ2v) is 7.57. The van der Waals surface area contributed by atoms with Crippen molar-refractivity contribution < 1.29 is 0 Å². The lowest BCUT2D eigenvalue weighted by atomic mass is 10.1. The first-order valence-corrected chi connectivity index (χ1v) is 9.17. The number of hydrogen-bond acceptors (Lipinski definition) is 0. The number of fused-ring (bicyclic) bond motifs is 3. The predicted octanol–water partition coefficient (Wildman–Crippen LogP) is 6.96. The van der Waals surface area contributed by atoms with E-state index in [2.05, 4.69) is 81.0 Å². The summed E-state index contributed by atoms with van der Waals surface area (Å²) >= 11 is 11.5. The second kappa shape index (κ2) is 7.16. The summed E-state index contributed by atoms with van der Waals surface area (Å²) in [7, 11) is 0. The first-order chi connectivity index (χ1) is 10.6. The van der Waals surface area contributed by atoms with Crippen LogP contribution in [-0.4, -0.2) is 0 Å². The van der Waals surface area contributed by atoms with Crippen LogP contribution in [-0.2, 0) is 6.42 Å². The standard InChI is InChI=1S/C13H9Br.C6H4ClI/c14-13-7-3-6-11-10-5-2-1-4-9(10)8-12(11)13;7-5-1-3-6(8)4-2-5/h1-7H,8H2;1-4H. The zero-order valence-corrected chi connectivity index (χ0v) is 16.2. The van der Waals surface area contributed by atoms with Crippen LogP contribution in [0, 0.1) is 3.57 Å². The molecule has 3 heteroatoms. The van der Waals surface area contributed by atoms with Gasteiger partial charge in [-0.3, -0.25) is 0 Å². The Morgan fingerprint density at radius 2 is 1.50 bits per heavy atom. The highest BCUT2D eigenvalue weighted by atomic mass is 127. The molecule has 0 heterocycles. The van der Waals surface area contributed by atoms with Crippen LogP contribution in [0.1, 0.15) is 11.1 Å². The Labute approximate surface area is 157 Å². The highest BCUT2D eigenvalue weighted by Crippen LogP contribution is 2.39. The Balaban J connectivity index is 0.000000154. The summed E-state index contributed by atoms with van der Waals surface area (Å²) in [6.45, 7) is 0. The van der Waals surface area contributed by atoms with Crippen molar-refractivity contribution in [2.75, 3.05) is 0 Å². The van der Waals surface area contributed by atoms with Gasteiger partial charge >= 0.3 is 0 Å². The molecule has 0 amide bonds. The summed E-state index contributed by atoms with van der Waals surface area (Å²) in [6, 6.07) is 22.8. The summed E-state index contributed by atoms with van der Waals surface area (Å²) in [6.07, 6.45) is 1.06. The molecule has 0 fully saturated rings. The van der Waals surface area contributed by atoms with E-state index in [0.29, 0.717) is 0 Å². The number of benzene rings is 3. The van der Waals surface area contributed by atoms with Crippen molar-refractivity contribution in [3.63, 3.8) is 0 Å². The van der Waals surface area contributed by atoms with Gasteiger partial charge in [-0.15, -0.1) is 0 Å². The molecule has 0 bridgehead atoms. The van der Waals surface area contributed by atoms with Gasteiger partial charge in [-0.1, -0.05) is 63.9 Å². The Bertz CT molecular complexity index is 776. The van der Waals surface area contributed by atoms with Gasteiger partial charge in [-0.25, -0.2) is 0 Å². The molecule has 22 heavy (non-hydrogen) atoms. The number of hydrogen-bond donors (Lipinski definition) is 0. The normalized spacial score (nSPS) is 11.2. The van der Waals surface area contributed by atoms with Gasteiger partial charge in [-0.05, 0) is 81.6 Å². The minimum Gasteiger partial charge on any atom is -0.0843 e. The fraction of sp³-hybridized carbons (Fsp3) is 0.0526. The van der Waals surface area contributed by atoms with Gasteiger partial charge in [0.25, 0.3) is 0 Å². The van der Waals surface area contributed by atoms with Crippen LogP contribution in [0.4, 0.5) is 0 Å². The molecule has 110 valence electrons. The van der Waals surface area contributed by atoms with Crippen LogP contribution in [0.15, 0.2) is 71.2 Å². The molecule has 4 rings (SSSR count). The largest absolute Gasteiger partial charge is 0.0843 e. The molecule has 0 N–H and O–H groups in total. The molecule has 0 spiro atoms. The summed E-state index contributed by atoms with van der Waals surface area (Å²) in [5, 5.41) is 0.797. The second-order valence-electron chi connectivity index (χ2n) is 5.04. The zero-order valence-electron chi connectivity index (χ0n) is 11.7. The molecule has 0 aliphatic heterocycles. The summed E-state index contributed by atoms with van der Waals surface area (Å²) in [5.41, 5.74) is 5.64. The van der Waals surface area contributed by atoms with Gasteiger partial charge in [0.2, 0.25) is 0 Å². The van der Waals surface area contributed by atoms with Crippen molar-refractivity contribution in [3.05, 3.63) is 90.9 Å². The molecule has 0 aromatic heterocycles. The monoisotopic (exact) mass is 482 g/mol. The number of rotatable bonds is 0. The van der Waals surface area contributed by atoms with Gasteiger partial charge in [-0.2, -0.15) is 0 Å². The minimum absolute atomic E-state index is 0.797. The Hall–Kier alpha value is -0.840. The van der Waals surface area contributed by atoms with E-state index in [0.717, 1.165) is 11.4 Å². The van der Waals surface area contributed by atoms with Crippen LogP contribution < -0.4 is 0 Å². The Morgan fingerprint density at radius 1 is 0.818 bits per heavy atom. The minimum atomic E-state index is 0.797. The molecule has 0 saturated heterocycles. The average Bonchev–Trinajstić information content (AvgIpc) is 2.91. The predicted molar refractivity (Wildman–Crippen MR) is 107 cm³/mol. The smallest absolute Gasteiger partial charge is 0.0406 e. The maximum Gasteiger partial charge on any atom is 0.0406 e. The molecule has 0 saturated carbocycles. The van der Waals surface area contributed by atoms with Crippen molar-refractivity contribution in [1.82, 2.24) is 0 Å². The van der Waals surface area contributed by atoms with E-state index >= 15 is 0 Å². The summed E-state index contributed by atoms with van der Waals surface area (Å²) in [4.78, 5) is 0. The van der Waals surface area contributed by atoms with Gasteiger partial charge in [0.05, 0.1) is 0 Å². The third-order valence-corrected chi connectivity index (χ3v) is 5.31. The zero-order chi connectivity index (χ0) is 15.5. The van der Waals surface area contributed by atoms with Crippen LogP contribution in [0.2, 0.25) is 5.02 Å². The molecule has 3 aromatic rings. The Kier molecular flexibility index (Phi) is 5.21. The van der Waals surface area contributed by atoms with E-state index in [-0.39, 0.29) is 0 Å². The quantitative estimate of drug-likeness (QED) is 0.237. The lowest BCUT2D eigenvalue weighted by Crippen LogP contribution is -1.80. The molecule has 0 nitrogen and oxygen atoms in total. The molecule has 1 aliphatic rings. The van der Waals surface area contributed by atoms with E-state index in [1.807, 2.05) is 24.3 Å². The lowest BCUT2D eigenvalue weighted by Gasteiger charge is -2.01. The fourth-order valence-corrected chi connectivity index (χ4v) is 3.54. The van der Waals surface area contributed by atoms with Gasteiger partial charge in [0.15, 0.2) is 0 Å². The molecular weight excluding hydrogens is 470 g/mol. The third kappa shape index (κ3) is 3.55. The molecule has 3 aromatic carbocycles. The first kappa shape index (κ1) is 16.0. The molecule has 1 aliphatic carbocycles. The lowest BCUT2D eigenvalue weighted by molar-refractivity contribution is 1.25. The van der Waals surface area contributed by atoms with Gasteiger partial charge in [0.1, 0.15) is 0 Å². The topological polar surface area (TPSA) is 0 Å². The van der Waals surface area contributed by atoms with Crippen molar-refractivity contribution >= 4 is 50.1 Å². The first-order valence-electron chi connectivity index (χ1n) is 6.92. The van der Waals surface area contributed by atoms with E-state index in [1.165, 1.54) is 30.3 Å². The van der Waals surface area contributed by atoms with E-state index in [9.17, 15) is 0 Å². The van der Waals surface area contributed by atoms with Gasteiger partial charge < -0.3 is 0 Å². The van der Waals surface area contributed by atoms with Crippen molar-refractivity contribution in [2.24, 2.45) is 0 Å². The van der Waals surface area contributed by atoms with Crippen molar-refractivity contribution in [1.29, 1.82) is 0 Å². The van der Waals surface area contributed by atoms with E-state index in [1.54, 1.807) is 0 Å². The highest BCUT2D eigenvalue weighted by molar-refractivity contribution is 14.1. The molecular formula is C19H13BrClI. The highest BCUT2D eigenvalue weighted by Gasteiger charge is 2.18. The van der Waals surface area contributed by atoms with Crippen molar-refractivity contribution in [2.45, 2.75) is 6.42 Å². The maximum atomic E-state index is 5.61. The molecule has 0 unspecified atom stereocenters. The molecule has 0 radical (unpaired) electrons. The Morgan fingerprint density at radius 3 is 2.23 bits per heavy atom. The van der Waals surface area contributed by atoms with Crippen LogP contribution in [0.25, 0.3) is 11.1 Å². The van der Waals surface area contributed by atoms with Crippen molar-refractivity contribution in [3.8, 4) is 11.1 Å². The third-order valence-electron chi connectivity index (χ3n) is 3.60. The van der Waals surface area contributed by atoms with E-state index < -0.39 is 0 Å². The van der Waals surface area contributed by atoms with E-state index in [4.69, 9.17) is 11.6 Å². The number of halogens is 3. The molecule has 0 atom stereocenters. The van der Waals surface area contributed by atoms with Crippen LogP contribution in [0.3, 0.4) is 0 Å².